The largest absolute Gasteiger partial charge is 0.467 e. The number of hydrogen-bond donors (Lipinski definition) is 1. The predicted octanol–water partition coefficient (Wildman–Crippen LogP) is 1.10. The Morgan fingerprint density at radius 1 is 1.16 bits per heavy atom. The second-order valence-electron chi connectivity index (χ2n) is 3.82. The summed E-state index contributed by atoms with van der Waals surface area (Å²) in [5.41, 5.74) is 0.493. The monoisotopic (exact) mass is 261 g/mol. The van der Waals surface area contributed by atoms with Gasteiger partial charge < -0.3 is 10.1 Å². The lowest BCUT2D eigenvalue weighted by Crippen LogP contribution is -2.38. The molecule has 1 aromatic carbocycles. The summed E-state index contributed by atoms with van der Waals surface area (Å²) < 4.78 is 4.46. The standard InChI is InChI=1S/C14H15NO4/c1-10(14(18)19-2)15-13(17)9-8-12(16)11-6-4-3-5-7-11/h3-10H,1-2H3,(H,15,17)/b9-8+/t10-/m0/s1. The molecule has 0 bridgehead atoms. The second-order valence-corrected chi connectivity index (χ2v) is 3.82. The first-order valence-electron chi connectivity index (χ1n) is 5.70. The van der Waals surface area contributed by atoms with Crippen LogP contribution in [0.15, 0.2) is 42.5 Å². The molecule has 1 aromatic rings. The average molecular weight is 261 g/mol. The van der Waals surface area contributed by atoms with Gasteiger partial charge in [-0.25, -0.2) is 4.79 Å². The summed E-state index contributed by atoms with van der Waals surface area (Å²) >= 11 is 0. The lowest BCUT2D eigenvalue weighted by molar-refractivity contribution is -0.144. The van der Waals surface area contributed by atoms with Gasteiger partial charge in [-0.05, 0) is 13.0 Å². The van der Waals surface area contributed by atoms with Gasteiger partial charge in [0.25, 0.3) is 0 Å². The van der Waals surface area contributed by atoms with Gasteiger partial charge in [-0.1, -0.05) is 30.3 Å². The maximum absolute atomic E-state index is 11.7. The third-order valence-corrected chi connectivity index (χ3v) is 2.36. The van der Waals surface area contributed by atoms with E-state index in [-0.39, 0.29) is 5.78 Å². The smallest absolute Gasteiger partial charge is 0.328 e. The van der Waals surface area contributed by atoms with E-state index in [1.54, 1.807) is 30.3 Å². The van der Waals surface area contributed by atoms with Gasteiger partial charge in [-0.2, -0.15) is 0 Å². The molecular weight excluding hydrogens is 246 g/mol. The molecule has 0 unspecified atom stereocenters. The Kier molecular flexibility index (Phi) is 5.47. The van der Waals surface area contributed by atoms with Gasteiger partial charge in [0.15, 0.2) is 5.78 Å². The zero-order valence-corrected chi connectivity index (χ0v) is 10.8. The number of benzene rings is 1. The summed E-state index contributed by atoms with van der Waals surface area (Å²) in [6.45, 7) is 1.50. The molecule has 0 saturated carbocycles. The van der Waals surface area contributed by atoms with Crippen LogP contribution in [0.3, 0.4) is 0 Å². The van der Waals surface area contributed by atoms with Crippen molar-refractivity contribution in [3.05, 3.63) is 48.0 Å². The highest BCUT2D eigenvalue weighted by atomic mass is 16.5. The number of ether oxygens (including phenoxy) is 1. The molecule has 0 heterocycles. The highest BCUT2D eigenvalue weighted by molar-refractivity contribution is 6.07. The molecule has 0 aliphatic carbocycles. The van der Waals surface area contributed by atoms with Crippen LogP contribution in [0, 0.1) is 0 Å². The van der Waals surface area contributed by atoms with E-state index in [0.717, 1.165) is 12.2 Å². The van der Waals surface area contributed by atoms with Gasteiger partial charge in [-0.3, -0.25) is 9.59 Å². The van der Waals surface area contributed by atoms with Crippen LogP contribution in [0.4, 0.5) is 0 Å². The highest BCUT2D eigenvalue weighted by Gasteiger charge is 2.14. The fraction of sp³-hybridized carbons (Fsp3) is 0.214. The van der Waals surface area contributed by atoms with E-state index in [0.29, 0.717) is 5.56 Å². The van der Waals surface area contributed by atoms with Crippen molar-refractivity contribution in [2.45, 2.75) is 13.0 Å². The van der Waals surface area contributed by atoms with Crippen molar-refractivity contribution < 1.29 is 19.1 Å². The van der Waals surface area contributed by atoms with E-state index in [1.165, 1.54) is 14.0 Å². The first-order chi connectivity index (χ1) is 9.04. The van der Waals surface area contributed by atoms with Crippen LogP contribution in [-0.4, -0.2) is 30.8 Å². The molecule has 1 rings (SSSR count). The summed E-state index contributed by atoms with van der Waals surface area (Å²) in [5.74, 6) is -1.35. The number of ketones is 1. The van der Waals surface area contributed by atoms with Gasteiger partial charge >= 0.3 is 5.97 Å². The topological polar surface area (TPSA) is 72.5 Å². The molecule has 0 aliphatic heterocycles. The van der Waals surface area contributed by atoms with E-state index < -0.39 is 17.9 Å². The Morgan fingerprint density at radius 2 is 1.79 bits per heavy atom. The van der Waals surface area contributed by atoms with Crippen LogP contribution >= 0.6 is 0 Å². The van der Waals surface area contributed by atoms with Gasteiger partial charge in [0.05, 0.1) is 7.11 Å². The van der Waals surface area contributed by atoms with E-state index in [4.69, 9.17) is 0 Å². The van der Waals surface area contributed by atoms with Crippen LogP contribution in [0.1, 0.15) is 17.3 Å². The fourth-order valence-electron chi connectivity index (χ4n) is 1.35. The Labute approximate surface area is 111 Å². The highest BCUT2D eigenvalue weighted by Crippen LogP contribution is 2.00. The molecule has 1 atom stereocenters. The molecule has 0 spiro atoms. The van der Waals surface area contributed by atoms with Crippen molar-refractivity contribution in [3.8, 4) is 0 Å². The molecule has 5 heteroatoms. The summed E-state index contributed by atoms with van der Waals surface area (Å²) in [4.78, 5) is 34.2. The summed E-state index contributed by atoms with van der Waals surface area (Å²) in [6.07, 6.45) is 2.25. The summed E-state index contributed by atoms with van der Waals surface area (Å²) in [6, 6.07) is 7.82. The Morgan fingerprint density at radius 3 is 2.37 bits per heavy atom. The van der Waals surface area contributed by atoms with Crippen molar-refractivity contribution in [3.63, 3.8) is 0 Å². The minimum atomic E-state index is -0.756. The van der Waals surface area contributed by atoms with Crippen molar-refractivity contribution in [1.82, 2.24) is 5.32 Å². The van der Waals surface area contributed by atoms with Crippen LogP contribution in [0.2, 0.25) is 0 Å². The number of nitrogens with one attached hydrogen (secondary N) is 1. The third kappa shape index (κ3) is 4.75. The lowest BCUT2D eigenvalue weighted by atomic mass is 10.1. The Bertz CT molecular complexity index is 493. The van der Waals surface area contributed by atoms with E-state index in [2.05, 4.69) is 10.1 Å². The number of methoxy groups -OCH3 is 1. The second kappa shape index (κ2) is 7.10. The number of esters is 1. The van der Waals surface area contributed by atoms with Crippen LogP contribution < -0.4 is 5.32 Å². The molecule has 0 aromatic heterocycles. The number of carbonyl (C=O) groups is 3. The van der Waals surface area contributed by atoms with E-state index in [9.17, 15) is 14.4 Å². The average Bonchev–Trinajstić information content (AvgIpc) is 2.44. The molecule has 0 fully saturated rings. The minimum absolute atomic E-state index is 0.276. The first-order valence-corrected chi connectivity index (χ1v) is 5.70. The SMILES string of the molecule is COC(=O)[C@H](C)NC(=O)/C=C/C(=O)c1ccccc1. The van der Waals surface area contributed by atoms with Gasteiger partial charge in [0, 0.05) is 11.6 Å². The van der Waals surface area contributed by atoms with E-state index in [1.807, 2.05) is 0 Å². The molecule has 19 heavy (non-hydrogen) atoms. The van der Waals surface area contributed by atoms with Crippen molar-refractivity contribution in [1.29, 1.82) is 0 Å². The molecular formula is C14H15NO4. The molecule has 100 valence electrons. The summed E-state index contributed by atoms with van der Waals surface area (Å²) in [5, 5.41) is 2.38. The zero-order chi connectivity index (χ0) is 14.3. The fourth-order valence-corrected chi connectivity index (χ4v) is 1.35. The molecule has 0 radical (unpaired) electrons. The van der Waals surface area contributed by atoms with Crippen molar-refractivity contribution >= 4 is 17.7 Å². The lowest BCUT2D eigenvalue weighted by Gasteiger charge is -2.09. The number of rotatable bonds is 5. The third-order valence-electron chi connectivity index (χ3n) is 2.36. The van der Waals surface area contributed by atoms with Crippen molar-refractivity contribution in [2.75, 3.05) is 7.11 Å². The molecule has 0 aliphatic rings. The Balaban J connectivity index is 2.55. The quantitative estimate of drug-likeness (QED) is 0.489. The minimum Gasteiger partial charge on any atom is -0.467 e. The maximum atomic E-state index is 11.7. The Hall–Kier alpha value is -2.43. The molecule has 5 nitrogen and oxygen atoms in total. The number of amides is 1. The van der Waals surface area contributed by atoms with E-state index >= 15 is 0 Å². The first kappa shape index (κ1) is 14.6. The van der Waals surface area contributed by atoms with Gasteiger partial charge in [0.1, 0.15) is 6.04 Å². The number of carbonyl (C=O) groups excluding carboxylic acids is 3. The number of allylic oxidation sites excluding steroid dienone is 1. The predicted molar refractivity (Wildman–Crippen MR) is 69.5 cm³/mol. The van der Waals surface area contributed by atoms with Crippen LogP contribution in [0.25, 0.3) is 0 Å². The molecule has 1 amide bonds. The molecule has 0 saturated heterocycles. The number of hydrogen-bond acceptors (Lipinski definition) is 4. The van der Waals surface area contributed by atoms with Gasteiger partial charge in [-0.15, -0.1) is 0 Å². The van der Waals surface area contributed by atoms with Gasteiger partial charge in [0.2, 0.25) is 5.91 Å². The maximum Gasteiger partial charge on any atom is 0.328 e. The summed E-state index contributed by atoms with van der Waals surface area (Å²) in [7, 11) is 1.24. The van der Waals surface area contributed by atoms with Crippen molar-refractivity contribution in [2.24, 2.45) is 0 Å². The van der Waals surface area contributed by atoms with Crippen LogP contribution in [-0.2, 0) is 14.3 Å². The molecule has 1 N–H and O–H groups in total. The van der Waals surface area contributed by atoms with Crippen LogP contribution in [0.5, 0.6) is 0 Å². The zero-order valence-electron chi connectivity index (χ0n) is 10.8. The normalized spacial score (nSPS) is 11.9.